The molecule has 1 saturated heterocycles. The van der Waals surface area contributed by atoms with E-state index in [0.717, 1.165) is 35.5 Å². The minimum Gasteiger partial charge on any atom is -0.508 e. The van der Waals surface area contributed by atoms with Crippen LogP contribution in [0.15, 0.2) is 54.6 Å². The van der Waals surface area contributed by atoms with Gasteiger partial charge in [-0.1, -0.05) is 12.1 Å². The number of nitrogens with one attached hydrogen (secondary N) is 1. The van der Waals surface area contributed by atoms with Gasteiger partial charge in [0, 0.05) is 32.7 Å². The number of amides is 1. The zero-order valence-electron chi connectivity index (χ0n) is 21.2. The van der Waals surface area contributed by atoms with Crippen LogP contribution in [0, 0.1) is 0 Å². The molecule has 2 heterocycles. The number of carbonyl (C=O) groups is 1. The van der Waals surface area contributed by atoms with Gasteiger partial charge in [-0.3, -0.25) is 9.69 Å². The molecule has 0 radical (unpaired) electrons. The first-order valence-corrected chi connectivity index (χ1v) is 12.3. The Balaban J connectivity index is 1.38. The topological polar surface area (TPSA) is 90.8 Å². The lowest BCUT2D eigenvalue weighted by Gasteiger charge is -2.35. The molecule has 11 heteroatoms. The highest BCUT2D eigenvalue weighted by Gasteiger charge is 2.28. The van der Waals surface area contributed by atoms with E-state index in [2.05, 4.69) is 21.2 Å². The van der Waals surface area contributed by atoms with Gasteiger partial charge in [0.1, 0.15) is 18.0 Å². The summed E-state index contributed by atoms with van der Waals surface area (Å²) < 4.78 is 42.9. The van der Waals surface area contributed by atoms with Crippen LogP contribution in [0.4, 0.5) is 19.0 Å². The molecule has 1 aromatic heterocycles. The van der Waals surface area contributed by atoms with Crippen LogP contribution in [0.25, 0.3) is 11.1 Å². The summed E-state index contributed by atoms with van der Waals surface area (Å²) in [6, 6.07) is 16.2. The number of hydrogen-bond acceptors (Lipinski definition) is 7. The summed E-state index contributed by atoms with van der Waals surface area (Å²) in [4.78, 5) is 16.2. The van der Waals surface area contributed by atoms with Crippen molar-refractivity contribution in [3.05, 3.63) is 65.9 Å². The van der Waals surface area contributed by atoms with E-state index in [-0.39, 0.29) is 17.5 Å². The van der Waals surface area contributed by atoms with Crippen molar-refractivity contribution in [3.63, 3.8) is 0 Å². The number of hydrogen-bond donors (Lipinski definition) is 2. The van der Waals surface area contributed by atoms with Crippen molar-refractivity contribution >= 4 is 11.7 Å². The fraction of sp³-hybridized carbons (Fsp3) is 0.370. The number of benzene rings is 2. The average Bonchev–Trinajstić information content (AvgIpc) is 2.87. The number of aromatic nitrogens is 2. The third-order valence-corrected chi connectivity index (χ3v) is 5.95. The lowest BCUT2D eigenvalue weighted by molar-refractivity contribution is -0.123. The van der Waals surface area contributed by atoms with Gasteiger partial charge in [0.2, 0.25) is 0 Å². The van der Waals surface area contributed by atoms with Gasteiger partial charge in [-0.2, -0.15) is 13.2 Å². The Morgan fingerprint density at radius 3 is 2.42 bits per heavy atom. The van der Waals surface area contributed by atoms with Crippen LogP contribution < -0.4 is 15.0 Å². The summed E-state index contributed by atoms with van der Waals surface area (Å²) in [7, 11) is 0. The second-order valence-corrected chi connectivity index (χ2v) is 9.42. The molecule has 1 fully saturated rings. The molecule has 0 spiro atoms. The fourth-order valence-electron chi connectivity index (χ4n) is 4.22. The number of alkyl halides is 3. The first kappa shape index (κ1) is 27.2. The zero-order valence-corrected chi connectivity index (χ0v) is 21.2. The number of piperazine rings is 1. The van der Waals surface area contributed by atoms with E-state index in [1.54, 1.807) is 23.5 Å². The quantitative estimate of drug-likeness (QED) is 0.451. The molecule has 1 aliphatic rings. The third kappa shape index (κ3) is 7.58. The van der Waals surface area contributed by atoms with Gasteiger partial charge in [-0.15, -0.1) is 10.2 Å². The molecular weight excluding hydrogens is 499 g/mol. The Morgan fingerprint density at radius 2 is 1.79 bits per heavy atom. The van der Waals surface area contributed by atoms with Crippen LogP contribution in [0.3, 0.4) is 0 Å². The molecule has 0 bridgehead atoms. The van der Waals surface area contributed by atoms with Gasteiger partial charge in [0.05, 0.1) is 6.10 Å². The second kappa shape index (κ2) is 11.7. The van der Waals surface area contributed by atoms with Crippen molar-refractivity contribution in [1.82, 2.24) is 20.4 Å². The summed E-state index contributed by atoms with van der Waals surface area (Å²) in [5.74, 6) is 0.619. The highest BCUT2D eigenvalue weighted by atomic mass is 19.4. The van der Waals surface area contributed by atoms with Gasteiger partial charge in [0.15, 0.2) is 11.5 Å². The van der Waals surface area contributed by atoms with E-state index in [1.165, 1.54) is 6.07 Å². The Morgan fingerprint density at radius 1 is 1.03 bits per heavy atom. The predicted molar refractivity (Wildman–Crippen MR) is 137 cm³/mol. The maximum Gasteiger partial charge on any atom is 0.405 e. The van der Waals surface area contributed by atoms with Crippen molar-refractivity contribution in [3.8, 4) is 22.6 Å². The minimum absolute atomic E-state index is 0.0223. The monoisotopic (exact) mass is 529 g/mol. The Hall–Kier alpha value is -3.86. The number of carbonyl (C=O) groups excluding carboxylic acids is 1. The fourth-order valence-corrected chi connectivity index (χ4v) is 4.22. The molecule has 1 amide bonds. The van der Waals surface area contributed by atoms with Gasteiger partial charge >= 0.3 is 6.18 Å². The number of aromatic hydroxyl groups is 1. The molecule has 202 valence electrons. The molecular formula is C27H30F3N5O3. The van der Waals surface area contributed by atoms with E-state index in [0.29, 0.717) is 25.5 Å². The van der Waals surface area contributed by atoms with E-state index in [1.807, 2.05) is 43.0 Å². The van der Waals surface area contributed by atoms with Gasteiger partial charge < -0.3 is 20.1 Å². The molecule has 2 aromatic carbocycles. The molecule has 1 aliphatic heterocycles. The molecule has 0 unspecified atom stereocenters. The molecule has 3 aromatic rings. The van der Waals surface area contributed by atoms with Crippen molar-refractivity contribution in [2.45, 2.75) is 32.7 Å². The van der Waals surface area contributed by atoms with Gasteiger partial charge in [0.25, 0.3) is 5.91 Å². The standard InChI is InChI=1S/C27H30F3N5O3/c1-18(2)38-23-13-19(12-21(15-23)20-4-3-5-22(36)14-20)16-34-8-10-35(11-9-34)25-7-6-24(32-33-25)26(37)31-17-27(28,29)30/h3-7,12-15,18,36H,8-11,16-17H2,1-2H3,(H,31,37). The molecule has 8 nitrogen and oxygen atoms in total. The third-order valence-electron chi connectivity index (χ3n) is 5.95. The smallest absolute Gasteiger partial charge is 0.405 e. The summed E-state index contributed by atoms with van der Waals surface area (Å²) in [6.45, 7) is 6.11. The average molecular weight is 530 g/mol. The number of halogens is 3. The van der Waals surface area contributed by atoms with E-state index < -0.39 is 18.6 Å². The lowest BCUT2D eigenvalue weighted by atomic mass is 10.0. The minimum atomic E-state index is -4.49. The van der Waals surface area contributed by atoms with Crippen LogP contribution in [-0.4, -0.2) is 71.1 Å². The van der Waals surface area contributed by atoms with E-state index in [4.69, 9.17) is 4.74 Å². The highest BCUT2D eigenvalue weighted by Crippen LogP contribution is 2.29. The number of nitrogens with zero attached hydrogens (tertiary/aromatic N) is 4. The lowest BCUT2D eigenvalue weighted by Crippen LogP contribution is -2.46. The van der Waals surface area contributed by atoms with Crippen LogP contribution in [0.1, 0.15) is 29.9 Å². The van der Waals surface area contributed by atoms with Crippen LogP contribution >= 0.6 is 0 Å². The van der Waals surface area contributed by atoms with E-state index >= 15 is 0 Å². The SMILES string of the molecule is CC(C)Oc1cc(CN2CCN(c3ccc(C(=O)NCC(F)(F)F)nn3)CC2)cc(-c2cccc(O)c2)c1. The number of phenols is 1. The molecule has 0 aliphatic carbocycles. The van der Waals surface area contributed by atoms with Crippen molar-refractivity contribution < 1.29 is 27.8 Å². The maximum atomic E-state index is 12.3. The van der Waals surface area contributed by atoms with Crippen molar-refractivity contribution in [2.75, 3.05) is 37.6 Å². The summed E-state index contributed by atoms with van der Waals surface area (Å²) in [6.07, 6.45) is -4.47. The van der Waals surface area contributed by atoms with Crippen LogP contribution in [0.5, 0.6) is 11.5 Å². The summed E-state index contributed by atoms with van der Waals surface area (Å²) >= 11 is 0. The molecule has 0 saturated carbocycles. The summed E-state index contributed by atoms with van der Waals surface area (Å²) in [5, 5.41) is 19.6. The number of ether oxygens (including phenoxy) is 1. The summed E-state index contributed by atoms with van der Waals surface area (Å²) in [5.41, 5.74) is 2.79. The maximum absolute atomic E-state index is 12.3. The first-order valence-electron chi connectivity index (χ1n) is 12.3. The molecule has 38 heavy (non-hydrogen) atoms. The van der Waals surface area contributed by atoms with Crippen LogP contribution in [0.2, 0.25) is 0 Å². The number of rotatable bonds is 8. The Kier molecular flexibility index (Phi) is 8.35. The van der Waals surface area contributed by atoms with E-state index in [9.17, 15) is 23.1 Å². The molecule has 2 N–H and O–H groups in total. The van der Waals surface area contributed by atoms with Crippen molar-refractivity contribution in [1.29, 1.82) is 0 Å². The highest BCUT2D eigenvalue weighted by molar-refractivity contribution is 5.92. The van der Waals surface area contributed by atoms with Crippen LogP contribution in [-0.2, 0) is 6.54 Å². The van der Waals surface area contributed by atoms with Gasteiger partial charge in [-0.25, -0.2) is 0 Å². The number of anilines is 1. The van der Waals surface area contributed by atoms with Crippen molar-refractivity contribution in [2.24, 2.45) is 0 Å². The largest absolute Gasteiger partial charge is 0.508 e. The second-order valence-electron chi connectivity index (χ2n) is 9.42. The zero-order chi connectivity index (χ0) is 27.3. The molecule has 4 rings (SSSR count). The molecule has 0 atom stereocenters. The Bertz CT molecular complexity index is 1240. The normalized spacial score (nSPS) is 14.5. The number of phenolic OH excluding ortho intramolecular Hbond substituents is 1. The van der Waals surface area contributed by atoms with Gasteiger partial charge in [-0.05, 0) is 73.0 Å². The Labute approximate surface area is 219 Å². The predicted octanol–water partition coefficient (Wildman–Crippen LogP) is 4.25. The first-order chi connectivity index (χ1) is 18.1.